The summed E-state index contributed by atoms with van der Waals surface area (Å²) in [6.07, 6.45) is 3.09. The lowest BCUT2D eigenvalue weighted by Crippen LogP contribution is -2.27. The highest BCUT2D eigenvalue weighted by molar-refractivity contribution is 5.91. The molecule has 0 saturated heterocycles. The molecule has 2 N–H and O–H groups in total. The van der Waals surface area contributed by atoms with Crippen molar-refractivity contribution in [2.24, 2.45) is 0 Å². The lowest BCUT2D eigenvalue weighted by atomic mass is 10.2. The number of phenols is 1. The zero-order valence-electron chi connectivity index (χ0n) is 9.13. The maximum atomic E-state index is 11.5. The molecule has 1 rings (SSSR count). The molecule has 0 aliphatic rings. The second-order valence-electron chi connectivity index (χ2n) is 3.41. The summed E-state index contributed by atoms with van der Waals surface area (Å²) in [7, 11) is 1.62. The number of rotatable bonds is 4. The Hall–Kier alpha value is -1.81. The highest BCUT2D eigenvalue weighted by atomic mass is 16.3. The predicted octanol–water partition coefficient (Wildman–Crippen LogP) is 0.856. The number of carbonyl (C=O) groups excluding carboxylic acids is 1. The van der Waals surface area contributed by atoms with Gasteiger partial charge in [-0.2, -0.15) is 0 Å². The van der Waals surface area contributed by atoms with Crippen molar-refractivity contribution in [1.29, 1.82) is 0 Å². The fraction of sp³-hybridized carbons (Fsp3) is 0.250. The second-order valence-corrected chi connectivity index (χ2v) is 3.41. The summed E-state index contributed by atoms with van der Waals surface area (Å²) in [4.78, 5) is 12.9. The first-order valence-electron chi connectivity index (χ1n) is 4.96. The molecular formula is C12H15NO3. The Bertz CT molecular complexity index is 370. The van der Waals surface area contributed by atoms with Gasteiger partial charge in [0.25, 0.3) is 0 Å². The van der Waals surface area contributed by atoms with Gasteiger partial charge in [-0.25, -0.2) is 0 Å². The molecule has 0 saturated carbocycles. The van der Waals surface area contributed by atoms with Gasteiger partial charge in [-0.15, -0.1) is 0 Å². The first kappa shape index (κ1) is 12.3. The Morgan fingerprint density at radius 3 is 2.56 bits per heavy atom. The Balaban J connectivity index is 2.59. The lowest BCUT2D eigenvalue weighted by Gasteiger charge is -2.12. The largest absolute Gasteiger partial charge is 0.508 e. The molecular weight excluding hydrogens is 206 g/mol. The van der Waals surface area contributed by atoms with Gasteiger partial charge in [0.05, 0.1) is 6.61 Å². The molecule has 0 bridgehead atoms. The van der Waals surface area contributed by atoms with Gasteiger partial charge >= 0.3 is 0 Å². The predicted molar refractivity (Wildman–Crippen MR) is 61.9 cm³/mol. The maximum absolute atomic E-state index is 11.5. The monoisotopic (exact) mass is 221 g/mol. The fourth-order valence-electron chi connectivity index (χ4n) is 1.14. The number of hydrogen-bond donors (Lipinski definition) is 2. The molecule has 0 aromatic heterocycles. The van der Waals surface area contributed by atoms with E-state index in [0.29, 0.717) is 6.54 Å². The average Bonchev–Trinajstić information content (AvgIpc) is 2.28. The average molecular weight is 221 g/mol. The summed E-state index contributed by atoms with van der Waals surface area (Å²) in [5, 5.41) is 17.7. The fourth-order valence-corrected chi connectivity index (χ4v) is 1.14. The number of nitrogens with zero attached hydrogens (tertiary/aromatic N) is 1. The molecule has 1 amide bonds. The van der Waals surface area contributed by atoms with E-state index in [4.69, 9.17) is 10.2 Å². The molecule has 16 heavy (non-hydrogen) atoms. The number of hydrogen-bond acceptors (Lipinski definition) is 3. The minimum atomic E-state index is -0.165. The molecule has 0 fully saturated rings. The van der Waals surface area contributed by atoms with Gasteiger partial charge in [-0.05, 0) is 23.8 Å². The molecule has 4 nitrogen and oxygen atoms in total. The minimum absolute atomic E-state index is 0.0463. The molecule has 0 radical (unpaired) electrons. The Morgan fingerprint density at radius 1 is 1.38 bits per heavy atom. The van der Waals surface area contributed by atoms with Gasteiger partial charge in [-0.3, -0.25) is 4.79 Å². The van der Waals surface area contributed by atoms with E-state index in [-0.39, 0.29) is 18.3 Å². The van der Waals surface area contributed by atoms with Crippen LogP contribution in [0.1, 0.15) is 5.56 Å². The number of aromatic hydroxyl groups is 1. The molecule has 86 valence electrons. The first-order chi connectivity index (χ1) is 7.63. The van der Waals surface area contributed by atoms with Gasteiger partial charge in [0.2, 0.25) is 5.91 Å². The third kappa shape index (κ3) is 3.74. The van der Waals surface area contributed by atoms with Crippen molar-refractivity contribution in [2.45, 2.75) is 0 Å². The summed E-state index contributed by atoms with van der Waals surface area (Å²) in [6, 6.07) is 6.54. The van der Waals surface area contributed by atoms with E-state index >= 15 is 0 Å². The number of benzene rings is 1. The number of amides is 1. The summed E-state index contributed by atoms with van der Waals surface area (Å²) >= 11 is 0. The van der Waals surface area contributed by atoms with Crippen LogP contribution in [0.5, 0.6) is 5.75 Å². The van der Waals surface area contributed by atoms with Gasteiger partial charge in [-0.1, -0.05) is 12.1 Å². The van der Waals surface area contributed by atoms with Crippen LogP contribution in [0.15, 0.2) is 30.3 Å². The first-order valence-corrected chi connectivity index (χ1v) is 4.96. The third-order valence-electron chi connectivity index (χ3n) is 2.12. The van der Waals surface area contributed by atoms with Crippen LogP contribution in [0.25, 0.3) is 6.08 Å². The van der Waals surface area contributed by atoms with E-state index < -0.39 is 0 Å². The maximum Gasteiger partial charge on any atom is 0.246 e. The van der Waals surface area contributed by atoms with Gasteiger partial charge in [0, 0.05) is 19.7 Å². The zero-order valence-corrected chi connectivity index (χ0v) is 9.13. The Kier molecular flexibility index (Phi) is 4.54. The van der Waals surface area contributed by atoms with Crippen LogP contribution in [-0.4, -0.2) is 41.2 Å². The van der Waals surface area contributed by atoms with Crippen molar-refractivity contribution >= 4 is 12.0 Å². The van der Waals surface area contributed by atoms with E-state index in [9.17, 15) is 4.79 Å². The van der Waals surface area contributed by atoms with Crippen LogP contribution in [0.3, 0.4) is 0 Å². The zero-order chi connectivity index (χ0) is 12.0. The van der Waals surface area contributed by atoms with Crippen LogP contribution in [0.4, 0.5) is 0 Å². The highest BCUT2D eigenvalue weighted by Gasteiger charge is 2.02. The van der Waals surface area contributed by atoms with Crippen molar-refractivity contribution < 1.29 is 15.0 Å². The van der Waals surface area contributed by atoms with Crippen molar-refractivity contribution in [3.8, 4) is 5.75 Å². The minimum Gasteiger partial charge on any atom is -0.508 e. The lowest BCUT2D eigenvalue weighted by molar-refractivity contribution is -0.125. The number of aliphatic hydroxyl groups is 1. The van der Waals surface area contributed by atoms with Crippen molar-refractivity contribution in [3.05, 3.63) is 35.9 Å². The van der Waals surface area contributed by atoms with E-state index in [0.717, 1.165) is 5.56 Å². The third-order valence-corrected chi connectivity index (χ3v) is 2.12. The van der Waals surface area contributed by atoms with Crippen LogP contribution >= 0.6 is 0 Å². The van der Waals surface area contributed by atoms with Gasteiger partial charge in [0.15, 0.2) is 0 Å². The van der Waals surface area contributed by atoms with E-state index in [1.165, 1.54) is 11.0 Å². The summed E-state index contributed by atoms with van der Waals surface area (Å²) < 4.78 is 0. The Morgan fingerprint density at radius 2 is 2.00 bits per heavy atom. The number of phenolic OH excluding ortho intramolecular Hbond substituents is 1. The summed E-state index contributed by atoms with van der Waals surface area (Å²) in [5.41, 5.74) is 0.837. The van der Waals surface area contributed by atoms with Crippen LogP contribution in [0, 0.1) is 0 Å². The molecule has 1 aromatic rings. The standard InChI is InChI=1S/C12H15NO3/c1-13(8-9-14)12(16)7-4-10-2-5-11(15)6-3-10/h2-7,14-15H,8-9H2,1H3/b7-4+. The molecule has 0 aliphatic heterocycles. The molecule has 0 spiro atoms. The normalized spacial score (nSPS) is 10.6. The highest BCUT2D eigenvalue weighted by Crippen LogP contribution is 2.10. The van der Waals surface area contributed by atoms with E-state index in [1.807, 2.05) is 0 Å². The number of likely N-dealkylation sites (N-methyl/N-ethyl adjacent to an activating group) is 1. The smallest absolute Gasteiger partial charge is 0.246 e. The van der Waals surface area contributed by atoms with Crippen LogP contribution < -0.4 is 0 Å². The SMILES string of the molecule is CN(CCO)C(=O)/C=C/c1ccc(O)cc1. The topological polar surface area (TPSA) is 60.8 Å². The summed E-state index contributed by atoms with van der Waals surface area (Å²) in [5.74, 6) is 0.0306. The number of aliphatic hydroxyl groups excluding tert-OH is 1. The van der Waals surface area contributed by atoms with Crippen molar-refractivity contribution in [2.75, 3.05) is 20.2 Å². The second kappa shape index (κ2) is 5.92. The van der Waals surface area contributed by atoms with Crippen LogP contribution in [-0.2, 0) is 4.79 Å². The van der Waals surface area contributed by atoms with Gasteiger partial charge < -0.3 is 15.1 Å². The van der Waals surface area contributed by atoms with Crippen molar-refractivity contribution in [1.82, 2.24) is 4.90 Å². The molecule has 0 atom stereocenters. The molecule has 1 aromatic carbocycles. The molecule has 0 aliphatic carbocycles. The van der Waals surface area contributed by atoms with Gasteiger partial charge in [0.1, 0.15) is 5.75 Å². The van der Waals surface area contributed by atoms with Crippen molar-refractivity contribution in [3.63, 3.8) is 0 Å². The Labute approximate surface area is 94.4 Å². The van der Waals surface area contributed by atoms with E-state index in [2.05, 4.69) is 0 Å². The summed E-state index contributed by atoms with van der Waals surface area (Å²) in [6.45, 7) is 0.272. The van der Waals surface area contributed by atoms with E-state index in [1.54, 1.807) is 37.4 Å². The molecule has 0 heterocycles. The number of carbonyl (C=O) groups is 1. The molecule has 4 heteroatoms. The van der Waals surface area contributed by atoms with Crippen LogP contribution in [0.2, 0.25) is 0 Å². The molecule has 0 unspecified atom stereocenters. The quantitative estimate of drug-likeness (QED) is 0.741.